The summed E-state index contributed by atoms with van der Waals surface area (Å²) in [6.45, 7) is 13.8. The van der Waals surface area contributed by atoms with Crippen LogP contribution in [0.5, 0.6) is 0 Å². The lowest BCUT2D eigenvalue weighted by atomic mass is 9.62. The number of hydrogen-bond donors (Lipinski definition) is 0. The molecule has 0 aliphatic heterocycles. The molecule has 0 radical (unpaired) electrons. The van der Waals surface area contributed by atoms with Gasteiger partial charge in [-0.05, 0) is 48.9 Å². The molecule has 0 N–H and O–H groups in total. The summed E-state index contributed by atoms with van der Waals surface area (Å²) in [6, 6.07) is 0. The molecule has 1 aliphatic carbocycles. The van der Waals surface area contributed by atoms with Gasteiger partial charge in [0.1, 0.15) is 5.78 Å². The van der Waals surface area contributed by atoms with Crippen LogP contribution in [0.15, 0.2) is 0 Å². The molecule has 4 atom stereocenters. The number of rotatable bonds is 9. The summed E-state index contributed by atoms with van der Waals surface area (Å²) in [5.41, 5.74) is 0.549. The number of carbonyl (C=O) groups is 1. The van der Waals surface area contributed by atoms with Crippen LogP contribution < -0.4 is 0 Å². The Morgan fingerprint density at radius 3 is 2.36 bits per heavy atom. The summed E-state index contributed by atoms with van der Waals surface area (Å²) in [5, 5.41) is 0. The Bertz CT molecular complexity index is 331. The second-order valence-corrected chi connectivity index (χ2v) is 9.09. The molecule has 130 valence electrons. The summed E-state index contributed by atoms with van der Waals surface area (Å²) >= 11 is 0. The molecule has 1 aliphatic rings. The van der Waals surface area contributed by atoms with E-state index in [9.17, 15) is 4.79 Å². The Labute approximate surface area is 139 Å². The Kier molecular flexibility index (Phi) is 8.14. The SMILES string of the molecule is CC(=O)CC(C)CCCC(C)CCC1C(C)CCCC1(C)C. The first-order chi connectivity index (χ1) is 10.2. The minimum absolute atomic E-state index is 0.342. The Hall–Kier alpha value is -0.330. The lowest BCUT2D eigenvalue weighted by Gasteiger charge is -2.43. The Morgan fingerprint density at radius 1 is 1.14 bits per heavy atom. The fourth-order valence-corrected chi connectivity index (χ4v) is 4.73. The van der Waals surface area contributed by atoms with Gasteiger partial charge in [0.2, 0.25) is 0 Å². The van der Waals surface area contributed by atoms with Crippen LogP contribution in [0, 0.1) is 29.1 Å². The summed E-state index contributed by atoms with van der Waals surface area (Å²) in [4.78, 5) is 11.1. The third-order valence-corrected chi connectivity index (χ3v) is 6.17. The molecule has 0 aromatic rings. The van der Waals surface area contributed by atoms with Crippen LogP contribution >= 0.6 is 0 Å². The summed E-state index contributed by atoms with van der Waals surface area (Å²) < 4.78 is 0. The summed E-state index contributed by atoms with van der Waals surface area (Å²) in [6.07, 6.45) is 11.7. The second-order valence-electron chi connectivity index (χ2n) is 9.09. The average molecular weight is 309 g/mol. The predicted molar refractivity (Wildman–Crippen MR) is 97.0 cm³/mol. The van der Waals surface area contributed by atoms with Crippen molar-refractivity contribution in [2.75, 3.05) is 0 Å². The van der Waals surface area contributed by atoms with Gasteiger partial charge >= 0.3 is 0 Å². The molecule has 1 nitrogen and oxygen atoms in total. The highest BCUT2D eigenvalue weighted by Gasteiger charge is 2.36. The van der Waals surface area contributed by atoms with E-state index in [-0.39, 0.29) is 0 Å². The maximum absolute atomic E-state index is 11.1. The Morgan fingerprint density at radius 2 is 1.77 bits per heavy atom. The molecular weight excluding hydrogens is 268 g/mol. The van der Waals surface area contributed by atoms with Gasteiger partial charge in [0, 0.05) is 6.42 Å². The zero-order valence-electron chi connectivity index (χ0n) is 16.1. The molecule has 0 amide bonds. The van der Waals surface area contributed by atoms with Gasteiger partial charge in [0.15, 0.2) is 0 Å². The van der Waals surface area contributed by atoms with Crippen LogP contribution in [0.1, 0.15) is 99.3 Å². The normalized spacial score (nSPS) is 27.4. The summed E-state index contributed by atoms with van der Waals surface area (Å²) in [5.74, 6) is 3.58. The van der Waals surface area contributed by atoms with Gasteiger partial charge in [-0.1, -0.05) is 73.1 Å². The topological polar surface area (TPSA) is 17.1 Å². The van der Waals surface area contributed by atoms with Crippen LogP contribution in [-0.4, -0.2) is 5.78 Å². The van der Waals surface area contributed by atoms with Crippen molar-refractivity contribution in [2.24, 2.45) is 29.1 Å². The quantitative estimate of drug-likeness (QED) is 0.466. The van der Waals surface area contributed by atoms with Gasteiger partial charge < -0.3 is 4.79 Å². The van der Waals surface area contributed by atoms with Crippen molar-refractivity contribution in [3.8, 4) is 0 Å². The van der Waals surface area contributed by atoms with Crippen LogP contribution in [0.2, 0.25) is 0 Å². The van der Waals surface area contributed by atoms with Crippen molar-refractivity contribution in [1.29, 1.82) is 0 Å². The maximum Gasteiger partial charge on any atom is 0.130 e. The van der Waals surface area contributed by atoms with E-state index in [4.69, 9.17) is 0 Å². The number of ketones is 1. The van der Waals surface area contributed by atoms with Gasteiger partial charge in [0.25, 0.3) is 0 Å². The molecule has 4 unspecified atom stereocenters. The second kappa shape index (κ2) is 9.08. The van der Waals surface area contributed by atoms with E-state index in [0.29, 0.717) is 17.1 Å². The van der Waals surface area contributed by atoms with Crippen molar-refractivity contribution in [3.63, 3.8) is 0 Å². The maximum atomic E-state index is 11.1. The standard InChI is InChI=1S/C21H40O/c1-16(9-7-10-17(2)15-19(4)22)12-13-20-18(3)11-8-14-21(20,5)6/h16-18,20H,7-15H2,1-6H3. The van der Waals surface area contributed by atoms with Gasteiger partial charge in [0.05, 0.1) is 0 Å². The largest absolute Gasteiger partial charge is 0.300 e. The number of carbonyl (C=O) groups excluding carboxylic acids is 1. The van der Waals surface area contributed by atoms with Gasteiger partial charge in [-0.3, -0.25) is 0 Å². The fourth-order valence-electron chi connectivity index (χ4n) is 4.73. The van der Waals surface area contributed by atoms with Crippen LogP contribution in [0.25, 0.3) is 0 Å². The molecule has 1 saturated carbocycles. The van der Waals surface area contributed by atoms with Crippen molar-refractivity contribution >= 4 is 5.78 Å². The summed E-state index contributed by atoms with van der Waals surface area (Å²) in [7, 11) is 0. The molecule has 0 heterocycles. The van der Waals surface area contributed by atoms with Crippen molar-refractivity contribution in [1.82, 2.24) is 0 Å². The molecule has 0 saturated heterocycles. The van der Waals surface area contributed by atoms with E-state index in [1.165, 1.54) is 51.4 Å². The lowest BCUT2D eigenvalue weighted by Crippen LogP contribution is -2.33. The number of hydrogen-bond acceptors (Lipinski definition) is 1. The third-order valence-electron chi connectivity index (χ3n) is 6.17. The molecule has 0 aromatic heterocycles. The van der Waals surface area contributed by atoms with Crippen molar-refractivity contribution in [3.05, 3.63) is 0 Å². The zero-order valence-corrected chi connectivity index (χ0v) is 16.1. The molecule has 0 bridgehead atoms. The van der Waals surface area contributed by atoms with Gasteiger partial charge in [-0.2, -0.15) is 0 Å². The molecule has 1 heteroatoms. The molecule has 22 heavy (non-hydrogen) atoms. The monoisotopic (exact) mass is 308 g/mol. The molecule has 0 aromatic carbocycles. The van der Waals surface area contributed by atoms with E-state index in [2.05, 4.69) is 34.6 Å². The highest BCUT2D eigenvalue weighted by Crippen LogP contribution is 2.46. The van der Waals surface area contributed by atoms with E-state index in [1.807, 2.05) is 0 Å². The zero-order chi connectivity index (χ0) is 16.8. The lowest BCUT2D eigenvalue weighted by molar-refractivity contribution is -0.117. The third kappa shape index (κ3) is 6.84. The smallest absolute Gasteiger partial charge is 0.130 e. The van der Waals surface area contributed by atoms with E-state index < -0.39 is 0 Å². The number of Topliss-reactive ketones (excluding diaryl/α,β-unsaturated/α-hetero) is 1. The minimum Gasteiger partial charge on any atom is -0.300 e. The average Bonchev–Trinajstić information content (AvgIpc) is 2.36. The highest BCUT2D eigenvalue weighted by molar-refractivity contribution is 5.75. The van der Waals surface area contributed by atoms with Crippen LogP contribution in [0.3, 0.4) is 0 Å². The first-order valence-corrected chi connectivity index (χ1v) is 9.71. The van der Waals surface area contributed by atoms with E-state index >= 15 is 0 Å². The minimum atomic E-state index is 0.342. The van der Waals surface area contributed by atoms with E-state index in [0.717, 1.165) is 24.2 Å². The fraction of sp³-hybridized carbons (Fsp3) is 0.952. The van der Waals surface area contributed by atoms with E-state index in [1.54, 1.807) is 6.92 Å². The van der Waals surface area contributed by atoms with Crippen LogP contribution in [-0.2, 0) is 4.79 Å². The first-order valence-electron chi connectivity index (χ1n) is 9.71. The van der Waals surface area contributed by atoms with Gasteiger partial charge in [-0.25, -0.2) is 0 Å². The highest BCUT2D eigenvalue weighted by atomic mass is 16.1. The molecule has 1 fully saturated rings. The molecule has 1 rings (SSSR count). The molecular formula is C21H40O. The Balaban J connectivity index is 2.24. The predicted octanol–water partition coefficient (Wildman–Crippen LogP) is 6.65. The van der Waals surface area contributed by atoms with Crippen molar-refractivity contribution < 1.29 is 4.79 Å². The molecule has 0 spiro atoms. The van der Waals surface area contributed by atoms with Gasteiger partial charge in [-0.15, -0.1) is 0 Å². The van der Waals surface area contributed by atoms with Crippen molar-refractivity contribution in [2.45, 2.75) is 99.3 Å². The van der Waals surface area contributed by atoms with Crippen LogP contribution in [0.4, 0.5) is 0 Å². The first kappa shape index (κ1) is 19.7.